The average Bonchev–Trinajstić information content (AvgIpc) is 3.31. The number of nitriles is 1. The van der Waals surface area contributed by atoms with E-state index in [2.05, 4.69) is 36.4 Å². The third kappa shape index (κ3) is 2.94. The van der Waals surface area contributed by atoms with Crippen LogP contribution in [0.4, 0.5) is 0 Å². The first-order valence-electron chi connectivity index (χ1n) is 9.81. The Hall–Kier alpha value is -3.30. The zero-order valence-corrected chi connectivity index (χ0v) is 18.1. The van der Waals surface area contributed by atoms with Gasteiger partial charge in [-0.3, -0.25) is 0 Å². The summed E-state index contributed by atoms with van der Waals surface area (Å²) < 4.78 is 13.8. The van der Waals surface area contributed by atoms with E-state index in [-0.39, 0.29) is 11.4 Å². The summed E-state index contributed by atoms with van der Waals surface area (Å²) in [7, 11) is 1.59. The maximum absolute atomic E-state index is 11.7. The summed E-state index contributed by atoms with van der Waals surface area (Å²) in [5.41, 5.74) is 2.53. The number of fused-ring (bicyclic) bond motifs is 2. The van der Waals surface area contributed by atoms with E-state index in [4.69, 9.17) is 14.4 Å². The van der Waals surface area contributed by atoms with Gasteiger partial charge in [-0.05, 0) is 70.5 Å². The minimum absolute atomic E-state index is 0.129. The third-order valence-electron chi connectivity index (χ3n) is 5.49. The first kappa shape index (κ1) is 20.0. The van der Waals surface area contributed by atoms with E-state index in [1.54, 1.807) is 32.2 Å². The van der Waals surface area contributed by atoms with Crippen LogP contribution in [0.2, 0.25) is 0 Å². The summed E-state index contributed by atoms with van der Waals surface area (Å²) >= 11 is 0. The fourth-order valence-corrected chi connectivity index (χ4v) is 4.04. The van der Waals surface area contributed by atoms with Crippen molar-refractivity contribution in [2.45, 2.75) is 45.8 Å². The molecule has 2 aromatic heterocycles. The predicted octanol–water partition coefficient (Wildman–Crippen LogP) is 4.98. The lowest BCUT2D eigenvalue weighted by Gasteiger charge is -2.27. The van der Waals surface area contributed by atoms with Crippen LogP contribution in [0.5, 0.6) is 5.75 Å². The Bertz CT molecular complexity index is 1310. The number of aliphatic hydroxyl groups is 1. The quantitative estimate of drug-likeness (QED) is 0.521. The molecule has 0 aliphatic carbocycles. The van der Waals surface area contributed by atoms with Gasteiger partial charge in [0.25, 0.3) is 0 Å². The van der Waals surface area contributed by atoms with Crippen molar-refractivity contribution in [1.82, 2.24) is 9.55 Å². The molecule has 6 heteroatoms. The number of rotatable bonds is 3. The van der Waals surface area contributed by atoms with Crippen molar-refractivity contribution in [2.75, 3.05) is 7.11 Å². The van der Waals surface area contributed by atoms with Crippen LogP contribution in [-0.2, 0) is 11.1 Å². The minimum Gasteiger partial charge on any atom is -0.496 e. The van der Waals surface area contributed by atoms with Crippen molar-refractivity contribution < 1.29 is 14.3 Å². The van der Waals surface area contributed by atoms with Crippen molar-refractivity contribution in [1.29, 1.82) is 5.26 Å². The van der Waals surface area contributed by atoms with Gasteiger partial charge in [0.05, 0.1) is 24.3 Å². The second-order valence-corrected chi connectivity index (χ2v) is 8.78. The summed E-state index contributed by atoms with van der Waals surface area (Å²) in [5.74, 6) is 0.719. The van der Waals surface area contributed by atoms with Gasteiger partial charge in [-0.1, -0.05) is 0 Å². The van der Waals surface area contributed by atoms with E-state index < -0.39 is 5.60 Å². The van der Waals surface area contributed by atoms with Crippen molar-refractivity contribution in [3.8, 4) is 11.8 Å². The summed E-state index contributed by atoms with van der Waals surface area (Å²) in [4.78, 5) is 4.50. The van der Waals surface area contributed by atoms with Gasteiger partial charge in [0.2, 0.25) is 5.89 Å². The maximum atomic E-state index is 11.7. The van der Waals surface area contributed by atoms with Gasteiger partial charge in [-0.25, -0.2) is 4.98 Å². The van der Waals surface area contributed by atoms with E-state index in [1.807, 2.05) is 25.3 Å². The zero-order chi connectivity index (χ0) is 21.8. The van der Waals surface area contributed by atoms with E-state index in [0.717, 1.165) is 16.5 Å². The monoisotopic (exact) mass is 403 g/mol. The SMILES string of the molecule is COc1cc(C)c2c(ccn2C(C)(C)C)c1C(C)(O)c1nc2cc(C#N)ccc2o1. The largest absolute Gasteiger partial charge is 0.496 e. The topological polar surface area (TPSA) is 84.2 Å². The molecule has 30 heavy (non-hydrogen) atoms. The van der Waals surface area contributed by atoms with Gasteiger partial charge in [-0.2, -0.15) is 5.26 Å². The van der Waals surface area contributed by atoms with Crippen LogP contribution in [-0.4, -0.2) is 21.8 Å². The molecule has 0 radical (unpaired) electrons. The number of oxazole rings is 1. The highest BCUT2D eigenvalue weighted by Crippen LogP contribution is 2.43. The number of methoxy groups -OCH3 is 1. The lowest BCUT2D eigenvalue weighted by atomic mass is 9.90. The highest BCUT2D eigenvalue weighted by molar-refractivity contribution is 5.90. The Morgan fingerprint density at radius 3 is 2.53 bits per heavy atom. The van der Waals surface area contributed by atoms with E-state index in [9.17, 15) is 5.11 Å². The molecule has 0 amide bonds. The molecular weight excluding hydrogens is 378 g/mol. The smallest absolute Gasteiger partial charge is 0.232 e. The van der Waals surface area contributed by atoms with Crippen LogP contribution in [0.25, 0.3) is 22.0 Å². The Morgan fingerprint density at radius 2 is 1.90 bits per heavy atom. The molecule has 4 aromatic rings. The second kappa shape index (κ2) is 6.61. The van der Waals surface area contributed by atoms with Gasteiger partial charge in [0.15, 0.2) is 11.2 Å². The van der Waals surface area contributed by atoms with E-state index >= 15 is 0 Å². The second-order valence-electron chi connectivity index (χ2n) is 8.78. The first-order valence-corrected chi connectivity index (χ1v) is 9.81. The molecule has 0 aliphatic rings. The zero-order valence-electron chi connectivity index (χ0n) is 18.1. The van der Waals surface area contributed by atoms with Gasteiger partial charge in [0.1, 0.15) is 11.3 Å². The molecule has 1 unspecified atom stereocenters. The first-order chi connectivity index (χ1) is 14.1. The average molecular weight is 403 g/mol. The molecule has 1 N–H and O–H groups in total. The lowest BCUT2D eigenvalue weighted by molar-refractivity contribution is 0.0715. The molecule has 0 fully saturated rings. The Balaban J connectivity index is 2.00. The fourth-order valence-electron chi connectivity index (χ4n) is 4.04. The van der Waals surface area contributed by atoms with Crippen LogP contribution in [0.15, 0.2) is 40.9 Å². The fraction of sp³-hybridized carbons (Fsp3) is 0.333. The molecule has 2 heterocycles. The standard InChI is InChI=1S/C24H25N3O3/c1-14-11-19(29-6)20(16-9-10-27(21(14)16)23(2,3)4)24(5,28)22-26-17-12-15(13-25)7-8-18(17)30-22/h7-12,28H,1-6H3. The number of benzene rings is 2. The number of hydrogen-bond acceptors (Lipinski definition) is 5. The van der Waals surface area contributed by atoms with Gasteiger partial charge < -0.3 is 18.8 Å². The summed E-state index contributed by atoms with van der Waals surface area (Å²) in [6.45, 7) is 10.1. The number of ether oxygens (including phenoxy) is 1. The van der Waals surface area contributed by atoms with Gasteiger partial charge in [-0.15, -0.1) is 0 Å². The normalized spacial score (nSPS) is 14.1. The van der Waals surface area contributed by atoms with Crippen LogP contribution >= 0.6 is 0 Å². The van der Waals surface area contributed by atoms with Crippen LogP contribution in [0.3, 0.4) is 0 Å². The molecule has 6 nitrogen and oxygen atoms in total. The lowest BCUT2D eigenvalue weighted by Crippen LogP contribution is -2.25. The predicted molar refractivity (Wildman–Crippen MR) is 116 cm³/mol. The Kier molecular flexibility index (Phi) is 4.41. The number of hydrogen-bond donors (Lipinski definition) is 1. The number of aryl methyl sites for hydroxylation is 1. The molecule has 0 saturated heterocycles. The summed E-state index contributed by atoms with van der Waals surface area (Å²) in [5, 5.41) is 21.7. The van der Waals surface area contributed by atoms with Crippen LogP contribution in [0.1, 0.15) is 50.3 Å². The molecular formula is C24H25N3O3. The van der Waals surface area contributed by atoms with Gasteiger partial charge >= 0.3 is 0 Å². The molecule has 0 bridgehead atoms. The highest BCUT2D eigenvalue weighted by atomic mass is 16.5. The number of nitrogens with zero attached hydrogens (tertiary/aromatic N) is 3. The van der Waals surface area contributed by atoms with Crippen molar-refractivity contribution in [3.63, 3.8) is 0 Å². The molecule has 1 atom stereocenters. The van der Waals surface area contributed by atoms with Gasteiger partial charge in [0, 0.05) is 22.7 Å². The summed E-state index contributed by atoms with van der Waals surface area (Å²) in [6.07, 6.45) is 2.03. The summed E-state index contributed by atoms with van der Waals surface area (Å²) in [6, 6.07) is 11.0. The third-order valence-corrected chi connectivity index (χ3v) is 5.49. The van der Waals surface area contributed by atoms with Crippen LogP contribution < -0.4 is 4.74 Å². The Labute approximate surface area is 175 Å². The molecule has 4 rings (SSSR count). The van der Waals surface area contributed by atoms with Crippen molar-refractivity contribution in [2.24, 2.45) is 0 Å². The van der Waals surface area contributed by atoms with Crippen molar-refractivity contribution in [3.05, 3.63) is 59.1 Å². The van der Waals surface area contributed by atoms with E-state index in [0.29, 0.717) is 28.0 Å². The van der Waals surface area contributed by atoms with Crippen molar-refractivity contribution >= 4 is 22.0 Å². The molecule has 0 spiro atoms. The maximum Gasteiger partial charge on any atom is 0.232 e. The molecule has 0 saturated carbocycles. The molecule has 0 aliphatic heterocycles. The van der Waals surface area contributed by atoms with Crippen LogP contribution in [0, 0.1) is 18.3 Å². The number of aromatic nitrogens is 2. The molecule has 2 aromatic carbocycles. The highest BCUT2D eigenvalue weighted by Gasteiger charge is 2.37. The van der Waals surface area contributed by atoms with E-state index in [1.165, 1.54) is 0 Å². The molecule has 154 valence electrons. The minimum atomic E-state index is -1.55. The Morgan fingerprint density at radius 1 is 1.17 bits per heavy atom.